The fraction of sp³-hybridized carbons (Fsp3) is 0.250. The van der Waals surface area contributed by atoms with Crippen molar-refractivity contribution in [2.75, 3.05) is 38.1 Å². The van der Waals surface area contributed by atoms with Gasteiger partial charge in [-0.15, -0.1) is 0 Å². The molecule has 6 heterocycles. The van der Waals surface area contributed by atoms with E-state index in [4.69, 9.17) is 4.98 Å². The largest absolute Gasteiger partial charge is 0.357 e. The molecule has 1 N–H and O–H groups in total. The molecule has 180 valence electrons. The van der Waals surface area contributed by atoms with E-state index in [1.807, 2.05) is 43.5 Å². The summed E-state index contributed by atoms with van der Waals surface area (Å²) in [5.41, 5.74) is 6.93. The summed E-state index contributed by atoms with van der Waals surface area (Å²) in [5.74, 6) is 0.877. The number of aryl methyl sites for hydroxylation is 1. The van der Waals surface area contributed by atoms with Crippen molar-refractivity contribution in [2.24, 2.45) is 0 Å². The van der Waals surface area contributed by atoms with E-state index in [-0.39, 0.29) is 12.2 Å². The maximum Gasteiger partial charge on any atom is 0.169 e. The number of fused-ring (bicyclic) bond motifs is 2. The highest BCUT2D eigenvalue weighted by atomic mass is 16.1. The number of aromatic nitrogens is 5. The predicted molar refractivity (Wildman–Crippen MR) is 141 cm³/mol. The molecule has 0 bridgehead atoms. The van der Waals surface area contributed by atoms with Crippen LogP contribution in [0, 0.1) is 6.92 Å². The van der Waals surface area contributed by atoms with Crippen molar-refractivity contribution in [3.8, 4) is 11.3 Å². The minimum Gasteiger partial charge on any atom is -0.357 e. The van der Waals surface area contributed by atoms with Gasteiger partial charge in [0.25, 0.3) is 0 Å². The molecule has 5 aromatic heterocycles. The van der Waals surface area contributed by atoms with Gasteiger partial charge in [-0.1, -0.05) is 0 Å². The van der Waals surface area contributed by atoms with Crippen LogP contribution in [0.25, 0.3) is 33.2 Å². The second kappa shape index (κ2) is 9.13. The molecule has 36 heavy (non-hydrogen) atoms. The van der Waals surface area contributed by atoms with Crippen LogP contribution < -0.4 is 4.90 Å². The van der Waals surface area contributed by atoms with E-state index in [0.29, 0.717) is 11.3 Å². The van der Waals surface area contributed by atoms with Crippen molar-refractivity contribution in [2.45, 2.75) is 13.3 Å². The number of aromatic amines is 1. The number of nitrogens with one attached hydrogen (secondary N) is 1. The molecule has 6 rings (SSSR count). The van der Waals surface area contributed by atoms with Crippen LogP contribution >= 0.6 is 0 Å². The van der Waals surface area contributed by atoms with E-state index in [0.717, 1.165) is 70.9 Å². The highest BCUT2D eigenvalue weighted by Gasteiger charge is 2.17. The molecule has 0 atom stereocenters. The van der Waals surface area contributed by atoms with Crippen LogP contribution in [0.2, 0.25) is 0 Å². The van der Waals surface area contributed by atoms with Crippen molar-refractivity contribution in [3.63, 3.8) is 0 Å². The van der Waals surface area contributed by atoms with E-state index in [1.165, 1.54) is 0 Å². The Balaban J connectivity index is 1.24. The number of nitrogens with zero attached hydrogens (tertiary/aromatic N) is 6. The third-order valence-electron chi connectivity index (χ3n) is 6.77. The lowest BCUT2D eigenvalue weighted by atomic mass is 10.1. The number of pyridine rings is 4. The lowest BCUT2D eigenvalue weighted by molar-refractivity contribution is 0.0992. The van der Waals surface area contributed by atoms with Gasteiger partial charge in [-0.2, -0.15) is 0 Å². The monoisotopic (exact) mass is 477 g/mol. The fourth-order valence-corrected chi connectivity index (χ4v) is 4.67. The Hall–Kier alpha value is -4.17. The number of Topliss-reactive ketones (excluding diaryl/α,β-unsaturated/α-hetero) is 1. The molecule has 8 heteroatoms. The summed E-state index contributed by atoms with van der Waals surface area (Å²) in [5, 5.41) is 0.931. The number of hydrogen-bond acceptors (Lipinski definition) is 7. The molecular weight excluding hydrogens is 450 g/mol. The SMILES string of the molecule is Cc1cc2ncc(-c3ccc4cnc(CC(=O)c5ccnc(N6CCN(C)CC6)c5)cc4n3)cc2[nH]1. The highest BCUT2D eigenvalue weighted by molar-refractivity contribution is 5.98. The second-order valence-corrected chi connectivity index (χ2v) is 9.47. The van der Waals surface area contributed by atoms with Gasteiger partial charge in [-0.05, 0) is 56.4 Å². The molecular formula is C28H27N7O. The smallest absolute Gasteiger partial charge is 0.169 e. The fourth-order valence-electron chi connectivity index (χ4n) is 4.67. The molecule has 0 aliphatic carbocycles. The number of carbonyl (C=O) groups excluding carboxylic acids is 1. The summed E-state index contributed by atoms with van der Waals surface area (Å²) < 4.78 is 0. The molecule has 5 aromatic rings. The van der Waals surface area contributed by atoms with Gasteiger partial charge in [0.05, 0.1) is 34.4 Å². The van der Waals surface area contributed by atoms with E-state index in [1.54, 1.807) is 18.5 Å². The Morgan fingerprint density at radius 1 is 0.944 bits per heavy atom. The zero-order valence-corrected chi connectivity index (χ0v) is 20.4. The molecule has 0 amide bonds. The lowest BCUT2D eigenvalue weighted by Crippen LogP contribution is -2.44. The first-order valence-corrected chi connectivity index (χ1v) is 12.2. The lowest BCUT2D eigenvalue weighted by Gasteiger charge is -2.33. The standard InChI is InChI=1S/C28H27N7O/c1-18-11-25-26(32-18)12-21(17-31-25)23-4-3-20-16-30-22(14-24(20)33-23)15-27(36)19-5-6-29-28(13-19)35-9-7-34(2)8-10-35/h3-6,11-14,16-17,32H,7-10,15H2,1-2H3. The van der Waals surface area contributed by atoms with E-state index >= 15 is 0 Å². The van der Waals surface area contributed by atoms with Gasteiger partial charge in [0.15, 0.2) is 5.78 Å². The van der Waals surface area contributed by atoms with Crippen LogP contribution in [-0.2, 0) is 6.42 Å². The summed E-state index contributed by atoms with van der Waals surface area (Å²) in [6, 6.07) is 13.7. The summed E-state index contributed by atoms with van der Waals surface area (Å²) in [6.07, 6.45) is 5.56. The molecule has 1 fully saturated rings. The Labute approximate surface area is 209 Å². The first kappa shape index (κ1) is 22.3. The Morgan fingerprint density at radius 3 is 2.67 bits per heavy atom. The van der Waals surface area contributed by atoms with Gasteiger partial charge >= 0.3 is 0 Å². The van der Waals surface area contributed by atoms with Gasteiger partial charge in [0, 0.05) is 67.0 Å². The van der Waals surface area contributed by atoms with Crippen LogP contribution in [0.4, 0.5) is 5.82 Å². The van der Waals surface area contributed by atoms with Gasteiger partial charge in [0.2, 0.25) is 0 Å². The normalized spacial score (nSPS) is 14.6. The maximum atomic E-state index is 13.1. The van der Waals surface area contributed by atoms with Crippen molar-refractivity contribution in [1.82, 2.24) is 29.8 Å². The van der Waals surface area contributed by atoms with Crippen molar-refractivity contribution in [3.05, 3.63) is 78.0 Å². The van der Waals surface area contributed by atoms with E-state index in [2.05, 4.69) is 42.8 Å². The van der Waals surface area contributed by atoms with Crippen LogP contribution in [0.1, 0.15) is 21.7 Å². The number of hydrogen-bond donors (Lipinski definition) is 1. The molecule has 0 aromatic carbocycles. The summed E-state index contributed by atoms with van der Waals surface area (Å²) in [4.78, 5) is 39.4. The van der Waals surface area contributed by atoms with Crippen molar-refractivity contribution in [1.29, 1.82) is 0 Å². The zero-order valence-electron chi connectivity index (χ0n) is 20.4. The summed E-state index contributed by atoms with van der Waals surface area (Å²) in [6.45, 7) is 5.82. The van der Waals surface area contributed by atoms with Gasteiger partial charge in [-0.3, -0.25) is 14.8 Å². The number of carbonyl (C=O) groups is 1. The number of ketones is 1. The Morgan fingerprint density at radius 2 is 1.81 bits per heavy atom. The highest BCUT2D eigenvalue weighted by Crippen LogP contribution is 2.24. The number of H-pyrrole nitrogens is 1. The summed E-state index contributed by atoms with van der Waals surface area (Å²) >= 11 is 0. The average molecular weight is 478 g/mol. The van der Waals surface area contributed by atoms with Crippen LogP contribution in [-0.4, -0.2) is 68.8 Å². The van der Waals surface area contributed by atoms with Gasteiger partial charge in [-0.25, -0.2) is 9.97 Å². The molecule has 0 saturated carbocycles. The zero-order chi connectivity index (χ0) is 24.6. The Kier molecular flexibility index (Phi) is 5.65. The number of anilines is 1. The quantitative estimate of drug-likeness (QED) is 0.382. The predicted octanol–water partition coefficient (Wildman–Crippen LogP) is 4.05. The van der Waals surface area contributed by atoms with Gasteiger partial charge in [0.1, 0.15) is 5.82 Å². The van der Waals surface area contributed by atoms with Crippen LogP contribution in [0.15, 0.2) is 61.1 Å². The third kappa shape index (κ3) is 4.43. The summed E-state index contributed by atoms with van der Waals surface area (Å²) in [7, 11) is 2.12. The molecule has 1 aliphatic heterocycles. The number of piperazine rings is 1. The van der Waals surface area contributed by atoms with Crippen molar-refractivity contribution >= 4 is 33.5 Å². The number of likely N-dealkylation sites (N-methyl/N-ethyl adjacent to an activating group) is 1. The Bertz CT molecular complexity index is 1580. The number of rotatable bonds is 5. The molecule has 0 radical (unpaired) electrons. The van der Waals surface area contributed by atoms with E-state index in [9.17, 15) is 4.79 Å². The average Bonchev–Trinajstić information content (AvgIpc) is 3.28. The first-order valence-electron chi connectivity index (χ1n) is 12.2. The maximum absolute atomic E-state index is 13.1. The molecule has 8 nitrogen and oxygen atoms in total. The van der Waals surface area contributed by atoms with E-state index < -0.39 is 0 Å². The molecule has 1 aliphatic rings. The van der Waals surface area contributed by atoms with Gasteiger partial charge < -0.3 is 14.8 Å². The molecule has 0 spiro atoms. The van der Waals surface area contributed by atoms with Crippen molar-refractivity contribution < 1.29 is 4.79 Å². The minimum atomic E-state index is 0.0209. The van der Waals surface area contributed by atoms with Crippen LogP contribution in [0.5, 0.6) is 0 Å². The first-order chi connectivity index (χ1) is 17.5. The molecule has 0 unspecified atom stereocenters. The third-order valence-corrected chi connectivity index (χ3v) is 6.77. The van der Waals surface area contributed by atoms with Crippen LogP contribution in [0.3, 0.4) is 0 Å². The topological polar surface area (TPSA) is 90.9 Å². The molecule has 1 saturated heterocycles. The second-order valence-electron chi connectivity index (χ2n) is 9.47. The minimum absolute atomic E-state index is 0.0209.